The summed E-state index contributed by atoms with van der Waals surface area (Å²) in [4.78, 5) is 13.7. The number of nitrogens with one attached hydrogen (secondary N) is 2. The summed E-state index contributed by atoms with van der Waals surface area (Å²) in [6.07, 6.45) is 0.891. The van der Waals surface area contributed by atoms with E-state index < -0.39 is 14.9 Å². The molecule has 1 unspecified atom stereocenters. The molecule has 0 amide bonds. The molecule has 0 aliphatic carbocycles. The standard InChI is InChI=1S/C24H26N4O4S/c29-28(30)24-15-20(16-25-33(31,32)22-9-5-2-6-10-22)11-12-23(24)26-21-13-14-27(18-21)17-19-7-3-1-4-8-19/h1-12,15,21,25-26H,13-14,16-18H2. The van der Waals surface area contributed by atoms with E-state index in [9.17, 15) is 18.5 Å². The molecule has 1 atom stereocenters. The van der Waals surface area contributed by atoms with Crippen LogP contribution in [-0.4, -0.2) is 37.4 Å². The second kappa shape index (κ2) is 10.1. The van der Waals surface area contributed by atoms with Gasteiger partial charge in [-0.25, -0.2) is 13.1 Å². The highest BCUT2D eigenvalue weighted by atomic mass is 32.2. The van der Waals surface area contributed by atoms with Crippen molar-refractivity contribution < 1.29 is 13.3 Å². The molecule has 0 radical (unpaired) electrons. The van der Waals surface area contributed by atoms with Gasteiger partial charge >= 0.3 is 0 Å². The molecule has 1 saturated heterocycles. The van der Waals surface area contributed by atoms with E-state index in [1.165, 1.54) is 23.8 Å². The average molecular weight is 467 g/mol. The van der Waals surface area contributed by atoms with Crippen LogP contribution in [0.5, 0.6) is 0 Å². The molecule has 0 spiro atoms. The molecule has 4 rings (SSSR count). The van der Waals surface area contributed by atoms with Gasteiger partial charge in [-0.1, -0.05) is 54.6 Å². The van der Waals surface area contributed by atoms with Crippen LogP contribution < -0.4 is 10.0 Å². The average Bonchev–Trinajstić information content (AvgIpc) is 3.26. The molecule has 1 fully saturated rings. The number of anilines is 1. The number of likely N-dealkylation sites (tertiary alicyclic amines) is 1. The van der Waals surface area contributed by atoms with Gasteiger partial charge in [0.1, 0.15) is 5.69 Å². The molecule has 172 valence electrons. The van der Waals surface area contributed by atoms with Crippen molar-refractivity contribution in [2.24, 2.45) is 0 Å². The summed E-state index contributed by atoms with van der Waals surface area (Å²) in [5.41, 5.74) is 2.14. The van der Waals surface area contributed by atoms with Crippen LogP contribution in [0.15, 0.2) is 83.8 Å². The van der Waals surface area contributed by atoms with Crippen molar-refractivity contribution >= 4 is 21.4 Å². The van der Waals surface area contributed by atoms with E-state index >= 15 is 0 Å². The normalized spacial score (nSPS) is 16.5. The first-order valence-electron chi connectivity index (χ1n) is 10.8. The zero-order chi connectivity index (χ0) is 23.3. The van der Waals surface area contributed by atoms with Gasteiger partial charge in [0.2, 0.25) is 10.0 Å². The van der Waals surface area contributed by atoms with Gasteiger partial charge in [0.15, 0.2) is 0 Å². The van der Waals surface area contributed by atoms with Crippen LogP contribution in [0, 0.1) is 10.1 Å². The molecule has 1 aliphatic heterocycles. The lowest BCUT2D eigenvalue weighted by Gasteiger charge is -2.18. The zero-order valence-electron chi connectivity index (χ0n) is 18.1. The van der Waals surface area contributed by atoms with Crippen molar-refractivity contribution in [3.63, 3.8) is 0 Å². The number of nitrogens with zero attached hydrogens (tertiary/aromatic N) is 2. The molecule has 3 aromatic carbocycles. The Labute approximate surface area is 193 Å². The molecule has 2 N–H and O–H groups in total. The van der Waals surface area contributed by atoms with Crippen LogP contribution in [0.25, 0.3) is 0 Å². The predicted molar refractivity (Wildman–Crippen MR) is 127 cm³/mol. The summed E-state index contributed by atoms with van der Waals surface area (Å²) in [6, 6.07) is 23.1. The van der Waals surface area contributed by atoms with Gasteiger partial charge in [0.05, 0.1) is 9.82 Å². The number of hydrogen-bond donors (Lipinski definition) is 2. The minimum absolute atomic E-state index is 0.0351. The quantitative estimate of drug-likeness (QED) is 0.368. The van der Waals surface area contributed by atoms with Crippen molar-refractivity contribution in [2.75, 3.05) is 18.4 Å². The summed E-state index contributed by atoms with van der Waals surface area (Å²) in [5, 5.41) is 15.0. The van der Waals surface area contributed by atoms with Gasteiger partial charge in [-0.05, 0) is 35.7 Å². The van der Waals surface area contributed by atoms with Gasteiger partial charge in [0.25, 0.3) is 5.69 Å². The van der Waals surface area contributed by atoms with Gasteiger partial charge in [-0.15, -0.1) is 0 Å². The second-order valence-corrected chi connectivity index (χ2v) is 9.86. The molecule has 0 aromatic heterocycles. The van der Waals surface area contributed by atoms with Crippen molar-refractivity contribution in [2.45, 2.75) is 30.4 Å². The monoisotopic (exact) mass is 466 g/mol. The highest BCUT2D eigenvalue weighted by Gasteiger charge is 2.25. The predicted octanol–water partition coefficient (Wildman–Crippen LogP) is 3.76. The van der Waals surface area contributed by atoms with Gasteiger partial charge in [-0.2, -0.15) is 0 Å². The van der Waals surface area contributed by atoms with E-state index in [4.69, 9.17) is 0 Å². The van der Waals surface area contributed by atoms with Gasteiger partial charge < -0.3 is 5.32 Å². The second-order valence-electron chi connectivity index (χ2n) is 8.10. The van der Waals surface area contributed by atoms with E-state index in [1.54, 1.807) is 30.3 Å². The smallest absolute Gasteiger partial charge is 0.292 e. The SMILES string of the molecule is O=[N+]([O-])c1cc(CNS(=O)(=O)c2ccccc2)ccc1NC1CCN(Cc2ccccc2)C1. The van der Waals surface area contributed by atoms with E-state index in [2.05, 4.69) is 27.1 Å². The third kappa shape index (κ3) is 5.95. The van der Waals surface area contributed by atoms with Crippen molar-refractivity contribution in [3.8, 4) is 0 Å². The lowest BCUT2D eigenvalue weighted by molar-refractivity contribution is -0.384. The fourth-order valence-corrected chi connectivity index (χ4v) is 5.02. The number of sulfonamides is 1. The Morgan fingerprint density at radius 1 is 0.970 bits per heavy atom. The topological polar surface area (TPSA) is 105 Å². The minimum atomic E-state index is -3.69. The summed E-state index contributed by atoms with van der Waals surface area (Å²) >= 11 is 0. The van der Waals surface area contributed by atoms with E-state index in [1.807, 2.05) is 18.2 Å². The highest BCUT2D eigenvalue weighted by molar-refractivity contribution is 7.89. The molecule has 1 heterocycles. The first kappa shape index (κ1) is 22.9. The fraction of sp³-hybridized carbons (Fsp3) is 0.250. The first-order valence-corrected chi connectivity index (χ1v) is 12.2. The Balaban J connectivity index is 1.40. The van der Waals surface area contributed by atoms with Gasteiger partial charge in [0, 0.05) is 38.3 Å². The molecule has 1 aliphatic rings. The van der Waals surface area contributed by atoms with Crippen molar-refractivity contribution in [3.05, 3.63) is 100 Å². The molecular weight excluding hydrogens is 440 g/mol. The molecule has 33 heavy (non-hydrogen) atoms. The third-order valence-electron chi connectivity index (χ3n) is 5.66. The minimum Gasteiger partial charge on any atom is -0.375 e. The maximum Gasteiger partial charge on any atom is 0.292 e. The Morgan fingerprint density at radius 3 is 2.36 bits per heavy atom. The summed E-state index contributed by atoms with van der Waals surface area (Å²) in [7, 11) is -3.69. The maximum atomic E-state index is 12.4. The van der Waals surface area contributed by atoms with Crippen molar-refractivity contribution in [1.29, 1.82) is 0 Å². The first-order chi connectivity index (χ1) is 15.9. The summed E-state index contributed by atoms with van der Waals surface area (Å²) in [5.74, 6) is 0. The lowest BCUT2D eigenvalue weighted by Crippen LogP contribution is -2.26. The third-order valence-corrected chi connectivity index (χ3v) is 7.08. The maximum absolute atomic E-state index is 12.4. The fourth-order valence-electron chi connectivity index (χ4n) is 3.98. The number of nitro benzene ring substituents is 1. The van der Waals surface area contributed by atoms with Gasteiger partial charge in [-0.3, -0.25) is 15.0 Å². The van der Waals surface area contributed by atoms with Crippen LogP contribution in [0.2, 0.25) is 0 Å². The molecule has 0 bridgehead atoms. The Hall–Kier alpha value is -3.27. The summed E-state index contributed by atoms with van der Waals surface area (Å²) in [6.45, 7) is 2.53. The van der Waals surface area contributed by atoms with Crippen LogP contribution in [0.3, 0.4) is 0 Å². The molecule has 3 aromatic rings. The van der Waals surface area contributed by atoms with E-state index in [0.29, 0.717) is 11.3 Å². The molecule has 8 nitrogen and oxygen atoms in total. The highest BCUT2D eigenvalue weighted by Crippen LogP contribution is 2.28. The number of benzene rings is 3. The Morgan fingerprint density at radius 2 is 1.67 bits per heavy atom. The van der Waals surface area contributed by atoms with Crippen LogP contribution >= 0.6 is 0 Å². The molecule has 0 saturated carbocycles. The Kier molecular flexibility index (Phi) is 7.02. The molecule has 9 heteroatoms. The number of nitro groups is 1. The van der Waals surface area contributed by atoms with Crippen LogP contribution in [-0.2, 0) is 23.1 Å². The largest absolute Gasteiger partial charge is 0.375 e. The lowest BCUT2D eigenvalue weighted by atomic mass is 10.1. The summed E-state index contributed by atoms with van der Waals surface area (Å²) < 4.78 is 27.3. The van der Waals surface area contributed by atoms with E-state index in [-0.39, 0.29) is 23.2 Å². The van der Waals surface area contributed by atoms with Crippen molar-refractivity contribution in [1.82, 2.24) is 9.62 Å². The Bertz CT molecular complexity index is 1200. The molecular formula is C24H26N4O4S. The number of hydrogen-bond acceptors (Lipinski definition) is 6. The van der Waals surface area contributed by atoms with Crippen LogP contribution in [0.4, 0.5) is 11.4 Å². The van der Waals surface area contributed by atoms with Crippen LogP contribution in [0.1, 0.15) is 17.5 Å². The van der Waals surface area contributed by atoms with E-state index in [0.717, 1.165) is 26.1 Å². The number of rotatable bonds is 9. The zero-order valence-corrected chi connectivity index (χ0v) is 18.9.